The molecule has 1 aromatic carbocycles. The second-order valence-corrected chi connectivity index (χ2v) is 5.60. The van der Waals surface area contributed by atoms with Crippen LogP contribution >= 0.6 is 0 Å². The van der Waals surface area contributed by atoms with Crippen molar-refractivity contribution in [1.29, 1.82) is 0 Å². The topological polar surface area (TPSA) is 30.5 Å². The van der Waals surface area contributed by atoms with Gasteiger partial charge in [-0.2, -0.15) is 0 Å². The number of rotatable bonds is 4. The molecule has 3 nitrogen and oxygen atoms in total. The molecule has 1 aliphatic heterocycles. The molecule has 0 saturated heterocycles. The van der Waals surface area contributed by atoms with E-state index >= 15 is 0 Å². The molecular formula is C15H21NO2. The molecular weight excluding hydrogens is 226 g/mol. The van der Waals surface area contributed by atoms with Crippen molar-refractivity contribution in [3.63, 3.8) is 0 Å². The maximum atomic E-state index is 5.38. The van der Waals surface area contributed by atoms with E-state index in [1.807, 2.05) is 6.07 Å². The Balaban J connectivity index is 1.48. The van der Waals surface area contributed by atoms with Crippen LogP contribution in [0.2, 0.25) is 0 Å². The first-order valence-corrected chi connectivity index (χ1v) is 6.90. The molecule has 18 heavy (non-hydrogen) atoms. The first-order valence-electron chi connectivity index (χ1n) is 6.90. The molecule has 1 aromatic rings. The molecule has 2 unspecified atom stereocenters. The van der Waals surface area contributed by atoms with Gasteiger partial charge in [-0.05, 0) is 48.9 Å². The summed E-state index contributed by atoms with van der Waals surface area (Å²) in [6.07, 6.45) is 4.17. The van der Waals surface area contributed by atoms with Crippen LogP contribution in [0.25, 0.3) is 0 Å². The van der Waals surface area contributed by atoms with Gasteiger partial charge in [0, 0.05) is 6.54 Å². The second kappa shape index (κ2) is 5.19. The highest BCUT2D eigenvalue weighted by Gasteiger charge is 2.20. The van der Waals surface area contributed by atoms with Gasteiger partial charge in [-0.1, -0.05) is 19.4 Å². The van der Waals surface area contributed by atoms with Crippen LogP contribution in [-0.4, -0.2) is 13.3 Å². The summed E-state index contributed by atoms with van der Waals surface area (Å²) >= 11 is 0. The lowest BCUT2D eigenvalue weighted by Gasteiger charge is -2.11. The Morgan fingerprint density at radius 3 is 2.94 bits per heavy atom. The van der Waals surface area contributed by atoms with Crippen LogP contribution in [0.4, 0.5) is 0 Å². The van der Waals surface area contributed by atoms with E-state index in [9.17, 15) is 0 Å². The van der Waals surface area contributed by atoms with E-state index in [4.69, 9.17) is 9.47 Å². The molecule has 98 valence electrons. The van der Waals surface area contributed by atoms with Crippen LogP contribution in [0.3, 0.4) is 0 Å². The summed E-state index contributed by atoms with van der Waals surface area (Å²) in [7, 11) is 0. The summed E-state index contributed by atoms with van der Waals surface area (Å²) in [6.45, 7) is 4.77. The van der Waals surface area contributed by atoms with Gasteiger partial charge in [0.15, 0.2) is 11.5 Å². The molecule has 0 amide bonds. The zero-order valence-electron chi connectivity index (χ0n) is 10.9. The third-order valence-corrected chi connectivity index (χ3v) is 4.00. The lowest BCUT2D eigenvalue weighted by atomic mass is 10.1. The fourth-order valence-corrected chi connectivity index (χ4v) is 2.98. The van der Waals surface area contributed by atoms with Gasteiger partial charge < -0.3 is 14.8 Å². The minimum atomic E-state index is 0.353. The highest BCUT2D eigenvalue weighted by Crippen LogP contribution is 2.32. The molecule has 0 aromatic heterocycles. The summed E-state index contributed by atoms with van der Waals surface area (Å²) in [6, 6.07) is 6.18. The molecule has 1 fully saturated rings. The van der Waals surface area contributed by atoms with Crippen LogP contribution in [-0.2, 0) is 6.54 Å². The van der Waals surface area contributed by atoms with E-state index in [-0.39, 0.29) is 0 Å². The van der Waals surface area contributed by atoms with Crippen molar-refractivity contribution in [2.24, 2.45) is 11.8 Å². The molecule has 3 rings (SSSR count). The van der Waals surface area contributed by atoms with Crippen LogP contribution < -0.4 is 14.8 Å². The largest absolute Gasteiger partial charge is 0.454 e. The molecule has 1 aliphatic carbocycles. The fraction of sp³-hybridized carbons (Fsp3) is 0.600. The average Bonchev–Trinajstić information content (AvgIpc) is 2.97. The maximum absolute atomic E-state index is 5.38. The Morgan fingerprint density at radius 2 is 2.11 bits per heavy atom. The highest BCUT2D eigenvalue weighted by atomic mass is 16.7. The number of nitrogens with one attached hydrogen (secondary N) is 1. The van der Waals surface area contributed by atoms with Gasteiger partial charge in [0.2, 0.25) is 6.79 Å². The molecule has 1 heterocycles. The number of fused-ring (bicyclic) bond motifs is 1. The summed E-state index contributed by atoms with van der Waals surface area (Å²) in [5.41, 5.74) is 1.27. The van der Waals surface area contributed by atoms with Crippen LogP contribution in [0.15, 0.2) is 18.2 Å². The Bertz CT molecular complexity index is 419. The van der Waals surface area contributed by atoms with Gasteiger partial charge in [0.05, 0.1) is 0 Å². The Hall–Kier alpha value is -1.22. The van der Waals surface area contributed by atoms with Crippen LogP contribution in [0.5, 0.6) is 11.5 Å². The number of ether oxygens (including phenoxy) is 2. The first-order chi connectivity index (χ1) is 8.81. The van der Waals surface area contributed by atoms with E-state index in [0.29, 0.717) is 6.79 Å². The molecule has 1 saturated carbocycles. The predicted octanol–water partition coefficient (Wildman–Crippen LogP) is 2.94. The van der Waals surface area contributed by atoms with Crippen molar-refractivity contribution in [3.05, 3.63) is 23.8 Å². The molecule has 1 N–H and O–H groups in total. The molecule has 2 aliphatic rings. The van der Waals surface area contributed by atoms with E-state index < -0.39 is 0 Å². The predicted molar refractivity (Wildman–Crippen MR) is 70.8 cm³/mol. The summed E-state index contributed by atoms with van der Waals surface area (Å²) < 4.78 is 10.7. The van der Waals surface area contributed by atoms with Gasteiger partial charge in [0.1, 0.15) is 0 Å². The van der Waals surface area contributed by atoms with Gasteiger partial charge >= 0.3 is 0 Å². The third kappa shape index (κ3) is 2.61. The third-order valence-electron chi connectivity index (χ3n) is 4.00. The Labute approximate surface area is 108 Å². The molecule has 0 radical (unpaired) electrons. The van der Waals surface area contributed by atoms with Gasteiger partial charge in [-0.25, -0.2) is 0 Å². The number of hydrogen-bond acceptors (Lipinski definition) is 3. The minimum absolute atomic E-state index is 0.353. The molecule has 2 atom stereocenters. The molecule has 0 bridgehead atoms. The number of hydrogen-bond donors (Lipinski definition) is 1. The van der Waals surface area contributed by atoms with Crippen molar-refractivity contribution in [1.82, 2.24) is 5.32 Å². The normalized spacial score (nSPS) is 25.6. The smallest absolute Gasteiger partial charge is 0.231 e. The van der Waals surface area contributed by atoms with Gasteiger partial charge in [-0.15, -0.1) is 0 Å². The maximum Gasteiger partial charge on any atom is 0.231 e. The lowest BCUT2D eigenvalue weighted by Crippen LogP contribution is -2.20. The van der Waals surface area contributed by atoms with Crippen LogP contribution in [0.1, 0.15) is 31.7 Å². The average molecular weight is 247 g/mol. The Kier molecular flexibility index (Phi) is 3.41. The minimum Gasteiger partial charge on any atom is -0.454 e. The quantitative estimate of drug-likeness (QED) is 0.887. The standard InChI is InChI=1S/C15H21NO2/c1-11-2-3-12(6-11)8-16-9-13-4-5-14-15(7-13)18-10-17-14/h4-5,7,11-12,16H,2-3,6,8-10H2,1H3. The van der Waals surface area contributed by atoms with E-state index in [1.54, 1.807) is 0 Å². The summed E-state index contributed by atoms with van der Waals surface area (Å²) in [5, 5.41) is 3.56. The summed E-state index contributed by atoms with van der Waals surface area (Å²) in [5.74, 6) is 3.53. The first kappa shape index (κ1) is 11.8. The van der Waals surface area contributed by atoms with Crippen LogP contribution in [0, 0.1) is 11.8 Å². The van der Waals surface area contributed by atoms with E-state index in [0.717, 1.165) is 36.4 Å². The van der Waals surface area contributed by atoms with Gasteiger partial charge in [0.25, 0.3) is 0 Å². The van der Waals surface area contributed by atoms with Crippen molar-refractivity contribution in [2.75, 3.05) is 13.3 Å². The van der Waals surface area contributed by atoms with Gasteiger partial charge in [-0.3, -0.25) is 0 Å². The number of benzene rings is 1. The van der Waals surface area contributed by atoms with Crippen molar-refractivity contribution < 1.29 is 9.47 Å². The SMILES string of the molecule is CC1CCC(CNCc2ccc3c(c2)OCO3)C1. The molecule has 0 spiro atoms. The zero-order valence-corrected chi connectivity index (χ0v) is 10.9. The highest BCUT2D eigenvalue weighted by molar-refractivity contribution is 5.44. The van der Waals surface area contributed by atoms with Crippen molar-refractivity contribution in [2.45, 2.75) is 32.7 Å². The van der Waals surface area contributed by atoms with Crippen molar-refractivity contribution >= 4 is 0 Å². The second-order valence-electron chi connectivity index (χ2n) is 5.60. The van der Waals surface area contributed by atoms with Crippen molar-refractivity contribution in [3.8, 4) is 11.5 Å². The zero-order chi connectivity index (χ0) is 12.4. The van der Waals surface area contributed by atoms with E-state index in [1.165, 1.54) is 24.8 Å². The molecule has 3 heteroatoms. The lowest BCUT2D eigenvalue weighted by molar-refractivity contribution is 0.174. The summed E-state index contributed by atoms with van der Waals surface area (Å²) in [4.78, 5) is 0. The Morgan fingerprint density at radius 1 is 1.22 bits per heavy atom. The van der Waals surface area contributed by atoms with E-state index in [2.05, 4.69) is 24.4 Å². The monoisotopic (exact) mass is 247 g/mol. The fourth-order valence-electron chi connectivity index (χ4n) is 2.98.